The average molecular weight is 348 g/mol. The molecule has 1 amide bonds. The molecule has 5 nitrogen and oxygen atoms in total. The van der Waals surface area contributed by atoms with Crippen LogP contribution in [-0.2, 0) is 9.53 Å². The summed E-state index contributed by atoms with van der Waals surface area (Å²) in [6.45, 7) is 1.89. The van der Waals surface area contributed by atoms with Crippen molar-refractivity contribution in [3.63, 3.8) is 0 Å². The Labute approximate surface area is 145 Å². The van der Waals surface area contributed by atoms with Gasteiger partial charge in [0.1, 0.15) is 25.5 Å². The number of rotatable bonds is 7. The molecule has 0 atom stereocenters. The lowest BCUT2D eigenvalue weighted by Gasteiger charge is -2.09. The van der Waals surface area contributed by atoms with Gasteiger partial charge in [-0.05, 0) is 30.7 Å². The number of para-hydroxylation sites is 1. The summed E-state index contributed by atoms with van der Waals surface area (Å²) in [6.07, 6.45) is 0. The van der Waals surface area contributed by atoms with E-state index in [0.29, 0.717) is 16.3 Å². The van der Waals surface area contributed by atoms with Gasteiger partial charge < -0.3 is 14.8 Å². The maximum atomic E-state index is 12.0. The van der Waals surface area contributed by atoms with Crippen molar-refractivity contribution >= 4 is 23.5 Å². The van der Waals surface area contributed by atoms with Crippen molar-refractivity contribution in [1.82, 2.24) is 5.32 Å². The number of esters is 1. The molecule has 0 saturated carbocycles. The van der Waals surface area contributed by atoms with E-state index in [1.807, 2.05) is 19.1 Å². The second kappa shape index (κ2) is 8.93. The molecular formula is C18H18ClNO4. The van der Waals surface area contributed by atoms with E-state index in [0.717, 1.165) is 5.56 Å². The van der Waals surface area contributed by atoms with E-state index in [1.165, 1.54) is 0 Å². The van der Waals surface area contributed by atoms with E-state index in [-0.39, 0.29) is 25.7 Å². The predicted octanol–water partition coefficient (Wildman–Crippen LogP) is 3.00. The molecule has 0 aromatic heterocycles. The van der Waals surface area contributed by atoms with Gasteiger partial charge >= 0.3 is 5.97 Å². The Morgan fingerprint density at radius 3 is 2.50 bits per heavy atom. The molecule has 0 fully saturated rings. The topological polar surface area (TPSA) is 64.6 Å². The molecule has 0 unspecified atom stereocenters. The summed E-state index contributed by atoms with van der Waals surface area (Å²) in [6, 6.07) is 14.2. The molecule has 0 spiro atoms. The number of carbonyl (C=O) groups is 2. The summed E-state index contributed by atoms with van der Waals surface area (Å²) in [5, 5.41) is 3.03. The molecule has 0 aliphatic rings. The van der Waals surface area contributed by atoms with Crippen molar-refractivity contribution < 1.29 is 19.1 Å². The van der Waals surface area contributed by atoms with Gasteiger partial charge in [0.15, 0.2) is 0 Å². The zero-order chi connectivity index (χ0) is 17.4. The maximum Gasteiger partial charge on any atom is 0.325 e. The van der Waals surface area contributed by atoms with Crippen LogP contribution in [0.4, 0.5) is 0 Å². The monoisotopic (exact) mass is 347 g/mol. The molecule has 0 bridgehead atoms. The maximum absolute atomic E-state index is 12.0. The Morgan fingerprint density at radius 1 is 1.04 bits per heavy atom. The van der Waals surface area contributed by atoms with Crippen molar-refractivity contribution in [3.05, 3.63) is 64.7 Å². The normalized spacial score (nSPS) is 10.1. The third-order valence-electron chi connectivity index (χ3n) is 3.22. The van der Waals surface area contributed by atoms with Gasteiger partial charge in [0.05, 0.1) is 5.02 Å². The number of benzene rings is 2. The number of ether oxygens (including phenoxy) is 2. The largest absolute Gasteiger partial charge is 0.488 e. The van der Waals surface area contributed by atoms with Crippen LogP contribution in [-0.4, -0.2) is 31.6 Å². The molecule has 2 aromatic carbocycles. The van der Waals surface area contributed by atoms with Gasteiger partial charge in [-0.15, -0.1) is 0 Å². The van der Waals surface area contributed by atoms with Crippen molar-refractivity contribution in [3.8, 4) is 5.75 Å². The second-order valence-corrected chi connectivity index (χ2v) is 5.40. The van der Waals surface area contributed by atoms with E-state index >= 15 is 0 Å². The van der Waals surface area contributed by atoms with E-state index in [1.54, 1.807) is 36.4 Å². The molecule has 0 heterocycles. The third kappa shape index (κ3) is 5.28. The quantitative estimate of drug-likeness (QED) is 0.617. The van der Waals surface area contributed by atoms with Crippen LogP contribution in [0.25, 0.3) is 0 Å². The Kier molecular flexibility index (Phi) is 6.63. The van der Waals surface area contributed by atoms with E-state index in [2.05, 4.69) is 5.32 Å². The fourth-order valence-corrected chi connectivity index (χ4v) is 2.19. The van der Waals surface area contributed by atoms with Gasteiger partial charge in [-0.2, -0.15) is 0 Å². The van der Waals surface area contributed by atoms with Crippen LogP contribution in [0.1, 0.15) is 15.9 Å². The van der Waals surface area contributed by atoms with Gasteiger partial charge in [0.25, 0.3) is 5.91 Å². The second-order valence-electron chi connectivity index (χ2n) is 5.00. The highest BCUT2D eigenvalue weighted by molar-refractivity contribution is 6.32. The number of carbonyl (C=O) groups excluding carboxylic acids is 2. The summed E-state index contributed by atoms with van der Waals surface area (Å²) >= 11 is 5.94. The van der Waals surface area contributed by atoms with Gasteiger partial charge in [0, 0.05) is 5.56 Å². The molecular weight excluding hydrogens is 330 g/mol. The summed E-state index contributed by atoms with van der Waals surface area (Å²) in [5.74, 6) is -0.305. The number of hydrogen-bond donors (Lipinski definition) is 1. The summed E-state index contributed by atoms with van der Waals surface area (Å²) in [5.41, 5.74) is 1.38. The van der Waals surface area contributed by atoms with Gasteiger partial charge in [0.2, 0.25) is 0 Å². The van der Waals surface area contributed by atoms with Gasteiger partial charge in [-0.3, -0.25) is 9.59 Å². The van der Waals surface area contributed by atoms with Crippen LogP contribution in [0.5, 0.6) is 5.75 Å². The van der Waals surface area contributed by atoms with Crippen LogP contribution >= 0.6 is 11.6 Å². The van der Waals surface area contributed by atoms with Crippen LogP contribution in [0.3, 0.4) is 0 Å². The van der Waals surface area contributed by atoms with Gasteiger partial charge in [-0.1, -0.05) is 41.9 Å². The van der Waals surface area contributed by atoms with E-state index in [4.69, 9.17) is 21.1 Å². The lowest BCUT2D eigenvalue weighted by molar-refractivity contribution is -0.143. The molecule has 2 rings (SSSR count). The molecule has 24 heavy (non-hydrogen) atoms. The molecule has 126 valence electrons. The third-order valence-corrected chi connectivity index (χ3v) is 3.54. The number of halogens is 1. The lowest BCUT2D eigenvalue weighted by atomic mass is 10.1. The van der Waals surface area contributed by atoms with Crippen LogP contribution in [0.15, 0.2) is 48.5 Å². The minimum absolute atomic E-state index is 0.0737. The van der Waals surface area contributed by atoms with Crippen molar-refractivity contribution in [1.29, 1.82) is 0 Å². The first-order chi connectivity index (χ1) is 11.6. The average Bonchev–Trinajstić information content (AvgIpc) is 2.58. The molecule has 2 aromatic rings. The number of aryl methyl sites for hydroxylation is 1. The summed E-state index contributed by atoms with van der Waals surface area (Å²) < 4.78 is 10.4. The van der Waals surface area contributed by atoms with Crippen LogP contribution < -0.4 is 10.1 Å². The Hall–Kier alpha value is -2.53. The van der Waals surface area contributed by atoms with E-state index in [9.17, 15) is 9.59 Å². The SMILES string of the molecule is Cc1ccccc1C(=O)NCC(=O)OCCOc1ccccc1Cl. The Balaban J connectivity index is 1.68. The minimum atomic E-state index is -0.528. The summed E-state index contributed by atoms with van der Waals surface area (Å²) in [7, 11) is 0. The first-order valence-electron chi connectivity index (χ1n) is 7.44. The molecule has 1 N–H and O–H groups in total. The van der Waals surface area contributed by atoms with Crippen LogP contribution in [0, 0.1) is 6.92 Å². The fraction of sp³-hybridized carbons (Fsp3) is 0.222. The fourth-order valence-electron chi connectivity index (χ4n) is 2.00. The first-order valence-corrected chi connectivity index (χ1v) is 7.82. The Morgan fingerprint density at radius 2 is 1.75 bits per heavy atom. The highest BCUT2D eigenvalue weighted by Crippen LogP contribution is 2.22. The van der Waals surface area contributed by atoms with Crippen molar-refractivity contribution in [2.45, 2.75) is 6.92 Å². The molecule has 0 radical (unpaired) electrons. The van der Waals surface area contributed by atoms with Crippen LogP contribution in [0.2, 0.25) is 5.02 Å². The molecule has 0 saturated heterocycles. The lowest BCUT2D eigenvalue weighted by Crippen LogP contribution is -2.31. The highest BCUT2D eigenvalue weighted by Gasteiger charge is 2.10. The van der Waals surface area contributed by atoms with Crippen molar-refractivity contribution in [2.24, 2.45) is 0 Å². The zero-order valence-electron chi connectivity index (χ0n) is 13.3. The van der Waals surface area contributed by atoms with Gasteiger partial charge in [-0.25, -0.2) is 0 Å². The Bertz CT molecular complexity index is 718. The smallest absolute Gasteiger partial charge is 0.325 e. The number of nitrogens with one attached hydrogen (secondary N) is 1. The zero-order valence-corrected chi connectivity index (χ0v) is 14.0. The summed E-state index contributed by atoms with van der Waals surface area (Å²) in [4.78, 5) is 23.6. The molecule has 0 aliphatic carbocycles. The highest BCUT2D eigenvalue weighted by atomic mass is 35.5. The first kappa shape index (κ1) is 17.8. The standard InChI is InChI=1S/C18H18ClNO4/c1-13-6-2-3-7-14(13)18(22)20-12-17(21)24-11-10-23-16-9-5-4-8-15(16)19/h2-9H,10-12H2,1H3,(H,20,22). The number of hydrogen-bond acceptors (Lipinski definition) is 4. The number of amides is 1. The molecule has 0 aliphatic heterocycles. The molecule has 6 heteroatoms. The predicted molar refractivity (Wildman–Crippen MR) is 91.4 cm³/mol. The minimum Gasteiger partial charge on any atom is -0.488 e. The van der Waals surface area contributed by atoms with E-state index < -0.39 is 5.97 Å². The van der Waals surface area contributed by atoms with Crippen molar-refractivity contribution in [2.75, 3.05) is 19.8 Å².